The largest absolute Gasteiger partial charge is 0.453 e. The third-order valence-corrected chi connectivity index (χ3v) is 1.44. The van der Waals surface area contributed by atoms with Crippen LogP contribution in [0.1, 0.15) is 6.42 Å². The Labute approximate surface area is 75.4 Å². The van der Waals surface area contributed by atoms with Gasteiger partial charge in [0.05, 0.1) is 6.42 Å². The molecule has 0 aromatic rings. The zero-order valence-electron chi connectivity index (χ0n) is 6.79. The van der Waals surface area contributed by atoms with Crippen molar-refractivity contribution in [1.82, 2.24) is 0 Å². The van der Waals surface area contributed by atoms with E-state index in [4.69, 9.17) is 0 Å². The minimum absolute atomic E-state index is 0.330. The minimum Gasteiger partial charge on any atom is -0.244 e. The number of rotatable bonds is 4. The maximum Gasteiger partial charge on any atom is 0.453 e. The summed E-state index contributed by atoms with van der Waals surface area (Å²) in [5.41, 5.74) is 0. The van der Waals surface area contributed by atoms with Crippen molar-refractivity contribution in [3.8, 4) is 0 Å². The number of hydrogen-bond donors (Lipinski definition) is 0. The highest BCUT2D eigenvalue weighted by atomic mass is 19.4. The summed E-state index contributed by atoms with van der Waals surface area (Å²) in [6.07, 6.45) is -13.2. The van der Waals surface area contributed by atoms with E-state index in [1.807, 2.05) is 0 Å². The standard InChI is InChI=1S/C7H7F7/c1-2-4(8)5(9)3-6(10,11)7(12,13)14/h2,4-5H,1,3H2. The molecule has 7 heteroatoms. The Bertz CT molecular complexity index is 195. The zero-order valence-corrected chi connectivity index (χ0v) is 6.79. The molecule has 0 aliphatic carbocycles. The van der Waals surface area contributed by atoms with E-state index in [9.17, 15) is 30.7 Å². The highest BCUT2D eigenvalue weighted by Crippen LogP contribution is 2.40. The van der Waals surface area contributed by atoms with Gasteiger partial charge in [-0.05, 0) is 0 Å². The van der Waals surface area contributed by atoms with Gasteiger partial charge in [0.2, 0.25) is 0 Å². The zero-order chi connectivity index (χ0) is 11.6. The average Bonchev–Trinajstić information content (AvgIpc) is 2.00. The van der Waals surface area contributed by atoms with Gasteiger partial charge in [-0.2, -0.15) is 22.0 Å². The number of halogens is 7. The summed E-state index contributed by atoms with van der Waals surface area (Å²) >= 11 is 0. The summed E-state index contributed by atoms with van der Waals surface area (Å²) < 4.78 is 83.4. The van der Waals surface area contributed by atoms with Crippen LogP contribution in [0.4, 0.5) is 30.7 Å². The van der Waals surface area contributed by atoms with Crippen LogP contribution in [0.15, 0.2) is 12.7 Å². The molecule has 0 fully saturated rings. The van der Waals surface area contributed by atoms with Gasteiger partial charge in [-0.1, -0.05) is 6.08 Å². The first kappa shape index (κ1) is 13.2. The van der Waals surface area contributed by atoms with Crippen molar-refractivity contribution in [3.05, 3.63) is 12.7 Å². The van der Waals surface area contributed by atoms with Gasteiger partial charge < -0.3 is 0 Å². The fourth-order valence-electron chi connectivity index (χ4n) is 0.621. The van der Waals surface area contributed by atoms with Crippen LogP contribution in [0.2, 0.25) is 0 Å². The van der Waals surface area contributed by atoms with Gasteiger partial charge in [-0.25, -0.2) is 8.78 Å². The van der Waals surface area contributed by atoms with Crippen LogP contribution in [-0.2, 0) is 0 Å². The lowest BCUT2D eigenvalue weighted by atomic mass is 10.1. The Morgan fingerprint density at radius 1 is 1.07 bits per heavy atom. The van der Waals surface area contributed by atoms with E-state index in [0.717, 1.165) is 0 Å². The lowest BCUT2D eigenvalue weighted by Gasteiger charge is -2.21. The molecule has 0 amide bonds. The molecule has 0 aliphatic rings. The van der Waals surface area contributed by atoms with Gasteiger partial charge in [-0.15, -0.1) is 6.58 Å². The second-order valence-electron chi connectivity index (χ2n) is 2.60. The summed E-state index contributed by atoms with van der Waals surface area (Å²) in [5.74, 6) is -5.22. The van der Waals surface area contributed by atoms with Gasteiger partial charge in [-0.3, -0.25) is 0 Å². The van der Waals surface area contributed by atoms with E-state index in [0.29, 0.717) is 6.08 Å². The second kappa shape index (κ2) is 4.18. The van der Waals surface area contributed by atoms with Gasteiger partial charge in [0, 0.05) is 0 Å². The summed E-state index contributed by atoms with van der Waals surface area (Å²) in [4.78, 5) is 0. The van der Waals surface area contributed by atoms with Crippen LogP contribution in [0.3, 0.4) is 0 Å². The van der Waals surface area contributed by atoms with Gasteiger partial charge in [0.1, 0.15) is 12.3 Å². The quantitative estimate of drug-likeness (QED) is 0.506. The second-order valence-corrected chi connectivity index (χ2v) is 2.60. The molecule has 0 radical (unpaired) electrons. The molecule has 0 saturated heterocycles. The third kappa shape index (κ3) is 3.19. The minimum atomic E-state index is -5.86. The molecule has 2 atom stereocenters. The van der Waals surface area contributed by atoms with E-state index in [2.05, 4.69) is 6.58 Å². The molecule has 0 aromatic carbocycles. The van der Waals surface area contributed by atoms with Gasteiger partial charge >= 0.3 is 12.1 Å². The van der Waals surface area contributed by atoms with Crippen molar-refractivity contribution in [2.45, 2.75) is 30.9 Å². The molecular formula is C7H7F7. The van der Waals surface area contributed by atoms with E-state index in [-0.39, 0.29) is 0 Å². The fourth-order valence-corrected chi connectivity index (χ4v) is 0.621. The Balaban J connectivity index is 4.44. The van der Waals surface area contributed by atoms with E-state index < -0.39 is 30.9 Å². The molecule has 0 N–H and O–H groups in total. The van der Waals surface area contributed by atoms with Crippen molar-refractivity contribution in [2.75, 3.05) is 0 Å². The first-order valence-electron chi connectivity index (χ1n) is 3.47. The normalized spacial score (nSPS) is 17.6. The molecule has 0 aromatic heterocycles. The highest BCUT2D eigenvalue weighted by Gasteiger charge is 2.58. The summed E-state index contributed by atoms with van der Waals surface area (Å²) in [6.45, 7) is 2.73. The van der Waals surface area contributed by atoms with Gasteiger partial charge in [0.15, 0.2) is 0 Å². The van der Waals surface area contributed by atoms with Crippen LogP contribution in [0.5, 0.6) is 0 Å². The Morgan fingerprint density at radius 3 is 1.79 bits per heavy atom. The van der Waals surface area contributed by atoms with Crippen molar-refractivity contribution < 1.29 is 30.7 Å². The smallest absolute Gasteiger partial charge is 0.244 e. The first-order chi connectivity index (χ1) is 6.12. The van der Waals surface area contributed by atoms with E-state index in [1.165, 1.54) is 0 Å². The molecule has 0 heterocycles. The molecule has 2 unspecified atom stereocenters. The Hall–Kier alpha value is -0.750. The lowest BCUT2D eigenvalue weighted by Crippen LogP contribution is -2.40. The van der Waals surface area contributed by atoms with Crippen LogP contribution in [0, 0.1) is 0 Å². The molecule has 84 valence electrons. The van der Waals surface area contributed by atoms with Crippen molar-refractivity contribution in [1.29, 1.82) is 0 Å². The monoisotopic (exact) mass is 224 g/mol. The van der Waals surface area contributed by atoms with Crippen molar-refractivity contribution in [3.63, 3.8) is 0 Å². The summed E-state index contributed by atoms with van der Waals surface area (Å²) in [5, 5.41) is 0. The SMILES string of the molecule is C=CC(F)C(F)CC(F)(F)C(F)(F)F. The third-order valence-electron chi connectivity index (χ3n) is 1.44. The van der Waals surface area contributed by atoms with E-state index in [1.54, 1.807) is 0 Å². The predicted octanol–water partition coefficient (Wildman–Crippen LogP) is 3.44. The predicted molar refractivity (Wildman–Crippen MR) is 35.6 cm³/mol. The lowest BCUT2D eigenvalue weighted by molar-refractivity contribution is -0.289. The summed E-state index contributed by atoms with van der Waals surface area (Å²) in [7, 11) is 0. The number of hydrogen-bond acceptors (Lipinski definition) is 0. The molecule has 0 bridgehead atoms. The molecule has 14 heavy (non-hydrogen) atoms. The number of alkyl halides is 7. The molecule has 0 aliphatic heterocycles. The van der Waals surface area contributed by atoms with Gasteiger partial charge in [0.25, 0.3) is 0 Å². The summed E-state index contributed by atoms with van der Waals surface area (Å²) in [6, 6.07) is 0. The first-order valence-corrected chi connectivity index (χ1v) is 3.47. The van der Waals surface area contributed by atoms with Crippen LogP contribution in [-0.4, -0.2) is 24.4 Å². The van der Waals surface area contributed by atoms with E-state index >= 15 is 0 Å². The highest BCUT2D eigenvalue weighted by molar-refractivity contribution is 4.90. The molecular weight excluding hydrogens is 217 g/mol. The van der Waals surface area contributed by atoms with Crippen molar-refractivity contribution >= 4 is 0 Å². The number of allylic oxidation sites excluding steroid dienone is 1. The Morgan fingerprint density at radius 2 is 1.50 bits per heavy atom. The molecule has 0 saturated carbocycles. The Kier molecular flexibility index (Phi) is 3.96. The van der Waals surface area contributed by atoms with Crippen molar-refractivity contribution in [2.24, 2.45) is 0 Å². The van der Waals surface area contributed by atoms with Crippen LogP contribution < -0.4 is 0 Å². The molecule has 0 rings (SSSR count). The maximum absolute atomic E-state index is 12.4. The van der Waals surface area contributed by atoms with Crippen LogP contribution in [0.25, 0.3) is 0 Å². The molecule has 0 nitrogen and oxygen atoms in total. The average molecular weight is 224 g/mol. The molecule has 0 spiro atoms. The van der Waals surface area contributed by atoms with Crippen LogP contribution >= 0.6 is 0 Å². The fraction of sp³-hybridized carbons (Fsp3) is 0.714. The maximum atomic E-state index is 12.4. The topological polar surface area (TPSA) is 0 Å².